The second-order valence-electron chi connectivity index (χ2n) is 4.80. The van der Waals surface area contributed by atoms with E-state index in [2.05, 4.69) is 4.98 Å². The van der Waals surface area contributed by atoms with E-state index in [1.807, 2.05) is 42.5 Å². The van der Waals surface area contributed by atoms with E-state index in [9.17, 15) is 0 Å². The standard InChI is InChI=1S/C17H14ClNO2S2/c1-20-13-8-5-11(9-14(13)21-2)15-16(23-17(22)19-15)10-3-6-12(18)7-4-10/h3-9H,1-2H3,(H,19,22). The maximum Gasteiger partial charge on any atom is 0.161 e. The van der Waals surface area contributed by atoms with Gasteiger partial charge in [0.2, 0.25) is 0 Å². The number of thiazole rings is 1. The first-order chi connectivity index (χ1) is 11.1. The van der Waals surface area contributed by atoms with Gasteiger partial charge in [0.25, 0.3) is 0 Å². The number of halogens is 1. The van der Waals surface area contributed by atoms with Gasteiger partial charge in [-0.05, 0) is 48.1 Å². The molecule has 2 aromatic carbocycles. The van der Waals surface area contributed by atoms with Crippen molar-refractivity contribution >= 4 is 35.2 Å². The minimum absolute atomic E-state index is 0.678. The summed E-state index contributed by atoms with van der Waals surface area (Å²) in [4.78, 5) is 4.34. The third kappa shape index (κ3) is 3.27. The molecule has 0 saturated heterocycles. The van der Waals surface area contributed by atoms with Gasteiger partial charge in [-0.2, -0.15) is 0 Å². The summed E-state index contributed by atoms with van der Waals surface area (Å²) in [6.07, 6.45) is 0. The molecule has 0 saturated carbocycles. The molecule has 0 aliphatic rings. The summed E-state index contributed by atoms with van der Waals surface area (Å²) < 4.78 is 11.4. The fourth-order valence-electron chi connectivity index (χ4n) is 2.33. The number of nitrogens with one attached hydrogen (secondary N) is 1. The van der Waals surface area contributed by atoms with Crippen molar-refractivity contribution in [2.75, 3.05) is 14.2 Å². The maximum atomic E-state index is 5.98. The van der Waals surface area contributed by atoms with Gasteiger partial charge in [0.05, 0.1) is 24.8 Å². The Morgan fingerprint density at radius 3 is 2.26 bits per heavy atom. The first kappa shape index (κ1) is 16.1. The van der Waals surface area contributed by atoms with Crippen LogP contribution in [-0.4, -0.2) is 19.2 Å². The third-order valence-corrected chi connectivity index (χ3v) is 4.96. The lowest BCUT2D eigenvalue weighted by Crippen LogP contribution is -1.91. The molecule has 6 heteroatoms. The highest BCUT2D eigenvalue weighted by molar-refractivity contribution is 7.73. The monoisotopic (exact) mass is 363 g/mol. The fourth-order valence-corrected chi connectivity index (χ4v) is 3.67. The zero-order chi connectivity index (χ0) is 16.4. The van der Waals surface area contributed by atoms with Crippen LogP contribution in [0.25, 0.3) is 21.7 Å². The molecule has 3 rings (SSSR count). The van der Waals surface area contributed by atoms with Crippen LogP contribution >= 0.6 is 35.2 Å². The average Bonchev–Trinajstić information content (AvgIpc) is 2.96. The maximum absolute atomic E-state index is 5.98. The molecule has 0 spiro atoms. The zero-order valence-electron chi connectivity index (χ0n) is 12.6. The molecule has 118 valence electrons. The number of hydrogen-bond donors (Lipinski definition) is 1. The Labute approximate surface area is 148 Å². The Hall–Kier alpha value is -1.82. The Balaban J connectivity index is 2.14. The molecule has 0 radical (unpaired) electrons. The summed E-state index contributed by atoms with van der Waals surface area (Å²) in [5.41, 5.74) is 3.01. The highest BCUT2D eigenvalue weighted by Crippen LogP contribution is 2.39. The van der Waals surface area contributed by atoms with E-state index >= 15 is 0 Å². The van der Waals surface area contributed by atoms with E-state index in [0.29, 0.717) is 16.5 Å². The van der Waals surface area contributed by atoms with Gasteiger partial charge in [-0.25, -0.2) is 0 Å². The molecular weight excluding hydrogens is 350 g/mol. The molecule has 23 heavy (non-hydrogen) atoms. The molecule has 3 nitrogen and oxygen atoms in total. The van der Waals surface area contributed by atoms with E-state index < -0.39 is 0 Å². The first-order valence-electron chi connectivity index (χ1n) is 6.84. The van der Waals surface area contributed by atoms with Crippen molar-refractivity contribution in [3.63, 3.8) is 0 Å². The largest absolute Gasteiger partial charge is 0.493 e. The molecule has 3 aromatic rings. The van der Waals surface area contributed by atoms with Gasteiger partial charge >= 0.3 is 0 Å². The second kappa shape index (κ2) is 6.74. The van der Waals surface area contributed by atoms with E-state index in [1.54, 1.807) is 14.2 Å². The highest BCUT2D eigenvalue weighted by Gasteiger charge is 2.14. The van der Waals surface area contributed by atoms with Crippen molar-refractivity contribution in [3.05, 3.63) is 51.4 Å². The summed E-state index contributed by atoms with van der Waals surface area (Å²) in [5, 5.41) is 0.709. The van der Waals surface area contributed by atoms with Crippen molar-refractivity contribution < 1.29 is 9.47 Å². The van der Waals surface area contributed by atoms with Gasteiger partial charge in [0, 0.05) is 10.6 Å². The molecule has 0 fully saturated rings. The summed E-state index contributed by atoms with van der Waals surface area (Å²) in [6.45, 7) is 0. The summed E-state index contributed by atoms with van der Waals surface area (Å²) in [5.74, 6) is 1.37. The lowest BCUT2D eigenvalue weighted by molar-refractivity contribution is 0.355. The third-order valence-electron chi connectivity index (χ3n) is 3.43. The van der Waals surface area contributed by atoms with Gasteiger partial charge in [-0.3, -0.25) is 0 Å². The number of ether oxygens (including phenoxy) is 2. The zero-order valence-corrected chi connectivity index (χ0v) is 14.9. The number of H-pyrrole nitrogens is 1. The van der Waals surface area contributed by atoms with E-state index in [-0.39, 0.29) is 0 Å². The quantitative estimate of drug-likeness (QED) is 0.594. The van der Waals surface area contributed by atoms with Crippen LogP contribution < -0.4 is 9.47 Å². The van der Waals surface area contributed by atoms with Crippen LogP contribution in [0.15, 0.2) is 42.5 Å². The van der Waals surface area contributed by atoms with Crippen LogP contribution in [0.4, 0.5) is 0 Å². The van der Waals surface area contributed by atoms with E-state index in [0.717, 1.165) is 25.7 Å². The molecule has 1 heterocycles. The average molecular weight is 364 g/mol. The van der Waals surface area contributed by atoms with Crippen LogP contribution in [0.1, 0.15) is 0 Å². The number of aromatic nitrogens is 1. The molecule has 0 atom stereocenters. The summed E-state index contributed by atoms with van der Waals surface area (Å²) in [6, 6.07) is 13.5. The SMILES string of the molecule is COc1ccc(-c2[nH]c(=S)sc2-c2ccc(Cl)cc2)cc1OC. The number of aromatic amines is 1. The Bertz CT molecular complexity index is 884. The van der Waals surface area contributed by atoms with Crippen LogP contribution in [0, 0.1) is 3.95 Å². The van der Waals surface area contributed by atoms with Crippen molar-refractivity contribution in [2.45, 2.75) is 0 Å². The van der Waals surface area contributed by atoms with Crippen molar-refractivity contribution in [2.24, 2.45) is 0 Å². The molecule has 0 unspecified atom stereocenters. The minimum atomic E-state index is 0.678. The first-order valence-corrected chi connectivity index (χ1v) is 8.44. The second-order valence-corrected chi connectivity index (χ2v) is 6.92. The number of hydrogen-bond acceptors (Lipinski definition) is 4. The lowest BCUT2D eigenvalue weighted by Gasteiger charge is -2.10. The Morgan fingerprint density at radius 2 is 1.61 bits per heavy atom. The van der Waals surface area contributed by atoms with E-state index in [4.69, 9.17) is 33.3 Å². The van der Waals surface area contributed by atoms with Crippen LogP contribution in [0.2, 0.25) is 5.02 Å². The molecular formula is C17H14ClNO2S2. The lowest BCUT2D eigenvalue weighted by atomic mass is 10.1. The van der Waals surface area contributed by atoms with Gasteiger partial charge < -0.3 is 14.5 Å². The molecule has 1 N–H and O–H groups in total. The van der Waals surface area contributed by atoms with Gasteiger partial charge in [0.1, 0.15) is 0 Å². The van der Waals surface area contributed by atoms with Crippen molar-refractivity contribution in [1.29, 1.82) is 0 Å². The van der Waals surface area contributed by atoms with E-state index in [1.165, 1.54) is 11.3 Å². The van der Waals surface area contributed by atoms with Crippen LogP contribution in [0.5, 0.6) is 11.5 Å². The molecule has 0 aliphatic carbocycles. The van der Waals surface area contributed by atoms with Crippen molar-refractivity contribution in [3.8, 4) is 33.2 Å². The normalized spacial score (nSPS) is 10.6. The number of benzene rings is 2. The number of rotatable bonds is 4. The number of methoxy groups -OCH3 is 2. The van der Waals surface area contributed by atoms with Gasteiger partial charge in [-0.15, -0.1) is 11.3 Å². The summed E-state index contributed by atoms with van der Waals surface area (Å²) >= 11 is 12.9. The van der Waals surface area contributed by atoms with Crippen molar-refractivity contribution in [1.82, 2.24) is 4.98 Å². The fraction of sp³-hybridized carbons (Fsp3) is 0.118. The predicted molar refractivity (Wildman–Crippen MR) is 98.5 cm³/mol. The minimum Gasteiger partial charge on any atom is -0.493 e. The highest BCUT2D eigenvalue weighted by atomic mass is 35.5. The molecule has 1 aromatic heterocycles. The predicted octanol–water partition coefficient (Wildman–Crippen LogP) is 5.81. The Morgan fingerprint density at radius 1 is 0.957 bits per heavy atom. The van der Waals surface area contributed by atoms with Gasteiger partial charge in [0.15, 0.2) is 15.5 Å². The topological polar surface area (TPSA) is 34.2 Å². The Kier molecular flexibility index (Phi) is 4.71. The van der Waals surface area contributed by atoms with Crippen LogP contribution in [-0.2, 0) is 0 Å². The van der Waals surface area contributed by atoms with Crippen LogP contribution in [0.3, 0.4) is 0 Å². The van der Waals surface area contributed by atoms with Gasteiger partial charge in [-0.1, -0.05) is 23.7 Å². The molecule has 0 aliphatic heterocycles. The summed E-state index contributed by atoms with van der Waals surface area (Å²) in [7, 11) is 3.24. The molecule has 0 bridgehead atoms. The molecule has 0 amide bonds. The smallest absolute Gasteiger partial charge is 0.161 e.